The third-order valence-corrected chi connectivity index (χ3v) is 4.37. The molecule has 25 heavy (non-hydrogen) atoms. The topological polar surface area (TPSA) is 69.9 Å². The molecule has 3 rings (SSSR count). The van der Waals surface area contributed by atoms with Crippen molar-refractivity contribution >= 4 is 69.1 Å². The first-order valence-electron chi connectivity index (χ1n) is 7.43. The van der Waals surface area contributed by atoms with Crippen LogP contribution in [0.5, 0.6) is 0 Å². The van der Waals surface area contributed by atoms with Crippen molar-refractivity contribution in [2.75, 3.05) is 16.9 Å². The zero-order chi connectivity index (χ0) is 17.1. The standard InChI is InChI=1S/C18H18N4OS.HI/c1-22-9-8-12-10-15(6-7-16(12)22)21-18(23)20-14-5-3-4-13(11-14)17(19)24-2;/h3-11,19H,1-2H3,(H2,20,21,23);1H. The Morgan fingerprint density at radius 2 is 1.80 bits per heavy atom. The van der Waals surface area contributed by atoms with Gasteiger partial charge in [0.25, 0.3) is 0 Å². The summed E-state index contributed by atoms with van der Waals surface area (Å²) >= 11 is 1.36. The fourth-order valence-electron chi connectivity index (χ4n) is 2.51. The summed E-state index contributed by atoms with van der Waals surface area (Å²) in [7, 11) is 1.99. The molecule has 5 nitrogen and oxygen atoms in total. The van der Waals surface area contributed by atoms with Gasteiger partial charge in [0.2, 0.25) is 0 Å². The van der Waals surface area contributed by atoms with Gasteiger partial charge < -0.3 is 15.2 Å². The molecule has 0 bridgehead atoms. The highest BCUT2D eigenvalue weighted by Gasteiger charge is 2.06. The van der Waals surface area contributed by atoms with E-state index >= 15 is 0 Å². The highest BCUT2D eigenvalue weighted by molar-refractivity contribution is 14.0. The zero-order valence-electron chi connectivity index (χ0n) is 13.9. The SMILES string of the molecule is CSC(=N)c1cccc(NC(=O)Nc2ccc3c(ccn3C)c2)c1.I. The van der Waals surface area contributed by atoms with Gasteiger partial charge in [0.1, 0.15) is 0 Å². The van der Waals surface area contributed by atoms with Crippen LogP contribution in [0.3, 0.4) is 0 Å². The van der Waals surface area contributed by atoms with Crippen LogP contribution in [-0.2, 0) is 7.05 Å². The maximum atomic E-state index is 12.2. The Labute approximate surface area is 167 Å². The molecule has 0 aliphatic heterocycles. The second-order valence-corrected chi connectivity index (χ2v) is 6.21. The number of nitrogens with zero attached hydrogens (tertiary/aromatic N) is 1. The van der Waals surface area contributed by atoms with Gasteiger partial charge in [-0.3, -0.25) is 5.41 Å². The fraction of sp³-hybridized carbons (Fsp3) is 0.111. The summed E-state index contributed by atoms with van der Waals surface area (Å²) in [4.78, 5) is 12.2. The van der Waals surface area contributed by atoms with E-state index in [1.54, 1.807) is 12.1 Å². The van der Waals surface area contributed by atoms with Crippen LogP contribution in [0.15, 0.2) is 54.7 Å². The molecule has 0 aliphatic rings. The number of nitrogens with one attached hydrogen (secondary N) is 3. The molecule has 7 heteroatoms. The molecular weight excluding hydrogens is 447 g/mol. The van der Waals surface area contributed by atoms with Crippen molar-refractivity contribution in [1.82, 2.24) is 4.57 Å². The van der Waals surface area contributed by atoms with Crippen LogP contribution >= 0.6 is 35.7 Å². The first-order valence-corrected chi connectivity index (χ1v) is 8.65. The minimum Gasteiger partial charge on any atom is -0.351 e. The van der Waals surface area contributed by atoms with Crippen LogP contribution in [0, 0.1) is 5.41 Å². The monoisotopic (exact) mass is 466 g/mol. The lowest BCUT2D eigenvalue weighted by molar-refractivity contribution is 0.262. The average molecular weight is 466 g/mol. The van der Waals surface area contributed by atoms with Crippen LogP contribution in [0.2, 0.25) is 0 Å². The van der Waals surface area contributed by atoms with Crippen LogP contribution in [0.25, 0.3) is 10.9 Å². The Balaban J connectivity index is 0.00000225. The molecule has 0 saturated heterocycles. The Bertz CT molecular complexity index is 922. The number of urea groups is 1. The molecule has 1 aromatic heterocycles. The fourth-order valence-corrected chi connectivity index (χ4v) is 2.87. The van der Waals surface area contributed by atoms with E-state index in [2.05, 4.69) is 10.6 Å². The smallest absolute Gasteiger partial charge is 0.323 e. The van der Waals surface area contributed by atoms with Gasteiger partial charge in [-0.05, 0) is 42.7 Å². The van der Waals surface area contributed by atoms with E-state index in [0.29, 0.717) is 10.7 Å². The van der Waals surface area contributed by atoms with E-state index in [9.17, 15) is 4.79 Å². The molecule has 3 N–H and O–H groups in total. The summed E-state index contributed by atoms with van der Waals surface area (Å²) in [6, 6.07) is 14.8. The summed E-state index contributed by atoms with van der Waals surface area (Å²) < 4.78 is 2.03. The van der Waals surface area contributed by atoms with Gasteiger partial charge in [-0.1, -0.05) is 12.1 Å². The van der Waals surface area contributed by atoms with E-state index in [-0.39, 0.29) is 30.0 Å². The minimum absolute atomic E-state index is 0. The Morgan fingerprint density at radius 3 is 2.52 bits per heavy atom. The second-order valence-electron chi connectivity index (χ2n) is 5.39. The van der Waals surface area contributed by atoms with Gasteiger partial charge in [-0.2, -0.15) is 0 Å². The molecule has 0 aliphatic carbocycles. The number of hydrogen-bond acceptors (Lipinski definition) is 3. The molecule has 3 aromatic rings. The molecule has 0 spiro atoms. The maximum absolute atomic E-state index is 12.2. The second kappa shape index (κ2) is 8.39. The molecule has 2 aromatic carbocycles. The third-order valence-electron chi connectivity index (χ3n) is 3.73. The van der Waals surface area contributed by atoms with Gasteiger partial charge in [0.15, 0.2) is 0 Å². The molecule has 0 atom stereocenters. The number of rotatable bonds is 3. The molecular formula is C18H19IN4OS. The number of amides is 2. The number of halogens is 1. The van der Waals surface area contributed by atoms with Crippen LogP contribution < -0.4 is 10.6 Å². The Morgan fingerprint density at radius 1 is 1.08 bits per heavy atom. The lowest BCUT2D eigenvalue weighted by atomic mass is 10.2. The number of carbonyl (C=O) groups excluding carboxylic acids is 1. The molecule has 0 radical (unpaired) electrons. The predicted molar refractivity (Wildman–Crippen MR) is 118 cm³/mol. The quantitative estimate of drug-likeness (QED) is 0.285. The summed E-state index contributed by atoms with van der Waals surface area (Å²) in [5.74, 6) is 0. The van der Waals surface area contributed by atoms with Crippen molar-refractivity contribution in [3.05, 3.63) is 60.3 Å². The van der Waals surface area contributed by atoms with E-state index in [1.807, 2.05) is 60.5 Å². The van der Waals surface area contributed by atoms with E-state index in [1.165, 1.54) is 11.8 Å². The summed E-state index contributed by atoms with van der Waals surface area (Å²) in [6.45, 7) is 0. The van der Waals surface area contributed by atoms with Crippen molar-refractivity contribution in [3.8, 4) is 0 Å². The molecule has 130 valence electrons. The van der Waals surface area contributed by atoms with Crippen LogP contribution in [-0.4, -0.2) is 21.9 Å². The lowest BCUT2D eigenvalue weighted by Gasteiger charge is -2.09. The van der Waals surface area contributed by atoms with Gasteiger partial charge in [-0.15, -0.1) is 35.7 Å². The molecule has 0 unspecified atom stereocenters. The van der Waals surface area contributed by atoms with Crippen molar-refractivity contribution in [2.45, 2.75) is 0 Å². The highest BCUT2D eigenvalue weighted by Crippen LogP contribution is 2.20. The largest absolute Gasteiger partial charge is 0.351 e. The first kappa shape index (κ1) is 19.3. The summed E-state index contributed by atoms with van der Waals surface area (Å²) in [6.07, 6.45) is 3.84. The van der Waals surface area contributed by atoms with Crippen molar-refractivity contribution < 1.29 is 4.79 Å². The zero-order valence-corrected chi connectivity index (χ0v) is 17.0. The molecule has 0 saturated carbocycles. The van der Waals surface area contributed by atoms with Gasteiger partial charge >= 0.3 is 6.03 Å². The van der Waals surface area contributed by atoms with Gasteiger partial charge in [0.05, 0.1) is 5.04 Å². The summed E-state index contributed by atoms with van der Waals surface area (Å²) in [5.41, 5.74) is 3.29. The van der Waals surface area contributed by atoms with Gasteiger partial charge in [0, 0.05) is 41.1 Å². The molecule has 2 amide bonds. The number of fused-ring (bicyclic) bond motifs is 1. The Hall–Kier alpha value is -2.00. The Kier molecular flexibility index (Phi) is 6.49. The number of hydrogen-bond donors (Lipinski definition) is 3. The maximum Gasteiger partial charge on any atom is 0.323 e. The van der Waals surface area contributed by atoms with Crippen LogP contribution in [0.1, 0.15) is 5.56 Å². The number of benzene rings is 2. The van der Waals surface area contributed by atoms with Crippen molar-refractivity contribution in [2.24, 2.45) is 7.05 Å². The van der Waals surface area contributed by atoms with Crippen LogP contribution in [0.4, 0.5) is 16.2 Å². The number of aryl methyl sites for hydroxylation is 1. The average Bonchev–Trinajstić information content (AvgIpc) is 2.95. The molecule has 1 heterocycles. The third kappa shape index (κ3) is 4.55. The minimum atomic E-state index is -0.307. The number of aromatic nitrogens is 1. The molecule has 0 fully saturated rings. The highest BCUT2D eigenvalue weighted by atomic mass is 127. The normalized spacial score (nSPS) is 10.2. The summed E-state index contributed by atoms with van der Waals surface area (Å²) in [5, 5.41) is 15.0. The van der Waals surface area contributed by atoms with E-state index in [0.717, 1.165) is 22.2 Å². The number of thioether (sulfide) groups is 1. The van der Waals surface area contributed by atoms with E-state index < -0.39 is 0 Å². The van der Waals surface area contributed by atoms with E-state index in [4.69, 9.17) is 5.41 Å². The first-order chi connectivity index (χ1) is 11.6. The predicted octanol–water partition coefficient (Wildman–Crippen LogP) is 5.13. The number of carbonyl (C=O) groups is 1. The van der Waals surface area contributed by atoms with Crippen molar-refractivity contribution in [3.63, 3.8) is 0 Å². The lowest BCUT2D eigenvalue weighted by Crippen LogP contribution is -2.19. The number of anilines is 2. The van der Waals surface area contributed by atoms with Gasteiger partial charge in [-0.25, -0.2) is 4.79 Å². The van der Waals surface area contributed by atoms with Crippen molar-refractivity contribution in [1.29, 1.82) is 5.41 Å².